The van der Waals surface area contributed by atoms with E-state index >= 15 is 0 Å². The Morgan fingerprint density at radius 1 is 0.703 bits per heavy atom. The van der Waals surface area contributed by atoms with Crippen LogP contribution in [0.15, 0.2) is 46.2 Å². The Balaban J connectivity index is 2.19. The number of hydrogen-bond acceptors (Lipinski definition) is 8. The Hall–Kier alpha value is -4.13. The van der Waals surface area contributed by atoms with E-state index in [9.17, 15) is 27.6 Å². The Bertz CT molecular complexity index is 1220. The molecule has 0 fully saturated rings. The van der Waals surface area contributed by atoms with Gasteiger partial charge in [0.15, 0.2) is 12.2 Å². The minimum absolute atomic E-state index is 0.00575. The molecule has 2 aromatic rings. The number of aryl methyl sites for hydroxylation is 2. The van der Waals surface area contributed by atoms with Gasteiger partial charge in [0.1, 0.15) is 11.5 Å². The molecule has 0 bridgehead atoms. The number of nitrogens with one attached hydrogen (secondary N) is 4. The van der Waals surface area contributed by atoms with Gasteiger partial charge in [0.25, 0.3) is 11.8 Å². The van der Waals surface area contributed by atoms with Gasteiger partial charge in [0.2, 0.25) is 9.84 Å². The summed E-state index contributed by atoms with van der Waals surface area (Å²) in [6.45, 7) is 6.17. The number of amides is 6. The summed E-state index contributed by atoms with van der Waals surface area (Å²) in [5.74, 6) is -0.757. The van der Waals surface area contributed by atoms with E-state index in [1.807, 2.05) is 0 Å². The second kappa shape index (κ2) is 12.2. The van der Waals surface area contributed by atoms with E-state index in [4.69, 9.17) is 9.47 Å². The Morgan fingerprint density at radius 3 is 1.35 bits per heavy atom. The molecule has 0 heterocycles. The second-order valence-electron chi connectivity index (χ2n) is 8.01. The van der Waals surface area contributed by atoms with Crippen LogP contribution in [0.4, 0.5) is 9.59 Å². The van der Waals surface area contributed by atoms with Crippen LogP contribution in [-0.2, 0) is 19.4 Å². The summed E-state index contributed by atoms with van der Waals surface area (Å²) in [7, 11) is -1.18. The average molecular weight is 535 g/mol. The first kappa shape index (κ1) is 29.1. The molecule has 0 aliphatic rings. The van der Waals surface area contributed by atoms with Crippen LogP contribution in [0.25, 0.3) is 0 Å². The van der Waals surface area contributed by atoms with Crippen LogP contribution < -0.4 is 30.7 Å². The molecule has 0 radical (unpaired) electrons. The standard InChI is InChI=1S/C24H30N4O8S/c1-13-11-17(7-9-19(13)35-15(3)21(29)27-23(31)25-5)37(33,34)18-8-10-20(14(2)12-18)36-16(4)22(30)28-24(32)26-6/h7-12,15-16H,1-6H3,(H2,25,27,29,31)(H2,26,28,30,32). The van der Waals surface area contributed by atoms with Gasteiger partial charge in [-0.2, -0.15) is 0 Å². The fraction of sp³-hybridized carbons (Fsp3) is 0.333. The van der Waals surface area contributed by atoms with Gasteiger partial charge in [-0.1, -0.05) is 0 Å². The summed E-state index contributed by atoms with van der Waals surface area (Å²) in [5, 5.41) is 8.73. The van der Waals surface area contributed by atoms with Crippen LogP contribution in [0.5, 0.6) is 11.5 Å². The second-order valence-corrected chi connectivity index (χ2v) is 9.96. The molecule has 0 aromatic heterocycles. The Labute approximate surface area is 215 Å². The highest BCUT2D eigenvalue weighted by molar-refractivity contribution is 7.91. The zero-order valence-electron chi connectivity index (χ0n) is 21.3. The van der Waals surface area contributed by atoms with Crippen molar-refractivity contribution < 1.29 is 37.1 Å². The highest BCUT2D eigenvalue weighted by atomic mass is 32.2. The summed E-state index contributed by atoms with van der Waals surface area (Å²) in [6.07, 6.45) is -2.01. The molecule has 2 rings (SSSR count). The van der Waals surface area contributed by atoms with Gasteiger partial charge in [-0.25, -0.2) is 18.0 Å². The normalized spacial score (nSPS) is 12.5. The predicted molar refractivity (Wildman–Crippen MR) is 133 cm³/mol. The molecule has 4 N–H and O–H groups in total. The van der Waals surface area contributed by atoms with Crippen molar-refractivity contribution in [2.24, 2.45) is 0 Å². The maximum absolute atomic E-state index is 13.2. The Kier molecular flexibility index (Phi) is 9.61. The lowest BCUT2D eigenvalue weighted by Crippen LogP contribution is -2.44. The zero-order chi connectivity index (χ0) is 27.9. The fourth-order valence-corrected chi connectivity index (χ4v) is 4.45. The van der Waals surface area contributed by atoms with E-state index in [2.05, 4.69) is 21.3 Å². The number of carbonyl (C=O) groups is 4. The predicted octanol–water partition coefficient (Wildman–Crippen LogP) is 1.58. The first-order chi connectivity index (χ1) is 17.3. The van der Waals surface area contributed by atoms with Crippen LogP contribution in [0.1, 0.15) is 25.0 Å². The largest absolute Gasteiger partial charge is 0.481 e. The van der Waals surface area contributed by atoms with Crippen LogP contribution in [0, 0.1) is 13.8 Å². The average Bonchev–Trinajstić information content (AvgIpc) is 2.85. The summed E-state index contributed by atoms with van der Waals surface area (Å²) in [5.41, 5.74) is 0.932. The maximum atomic E-state index is 13.2. The van der Waals surface area contributed by atoms with Crippen molar-refractivity contribution in [3.05, 3.63) is 47.5 Å². The molecule has 13 heteroatoms. The quantitative estimate of drug-likeness (QED) is 0.396. The monoisotopic (exact) mass is 534 g/mol. The van der Waals surface area contributed by atoms with Gasteiger partial charge in [-0.3, -0.25) is 20.2 Å². The maximum Gasteiger partial charge on any atom is 0.321 e. The van der Waals surface area contributed by atoms with Gasteiger partial charge in [-0.15, -0.1) is 0 Å². The summed E-state index contributed by atoms with van der Waals surface area (Å²) in [4.78, 5) is 46.7. The summed E-state index contributed by atoms with van der Waals surface area (Å²) in [6, 6.07) is 7.06. The highest BCUT2D eigenvalue weighted by Crippen LogP contribution is 2.30. The summed E-state index contributed by atoms with van der Waals surface area (Å²) < 4.78 is 37.6. The van der Waals surface area contributed by atoms with Crippen molar-refractivity contribution in [2.75, 3.05) is 14.1 Å². The van der Waals surface area contributed by atoms with E-state index < -0.39 is 45.9 Å². The lowest BCUT2D eigenvalue weighted by molar-refractivity contribution is -0.126. The SMILES string of the molecule is CNC(=O)NC(=O)C(C)Oc1ccc(S(=O)(=O)c2ccc(OC(C)C(=O)NC(=O)NC)c(C)c2)cc1C. The number of imide groups is 2. The molecule has 2 aromatic carbocycles. The minimum Gasteiger partial charge on any atom is -0.481 e. The van der Waals surface area contributed by atoms with Crippen LogP contribution in [0.3, 0.4) is 0 Å². The fourth-order valence-electron chi connectivity index (χ4n) is 3.02. The van der Waals surface area contributed by atoms with Crippen molar-refractivity contribution >= 4 is 33.7 Å². The molecule has 0 aliphatic carbocycles. The van der Waals surface area contributed by atoms with Crippen LogP contribution >= 0.6 is 0 Å². The molecule has 37 heavy (non-hydrogen) atoms. The highest BCUT2D eigenvalue weighted by Gasteiger charge is 2.23. The van der Waals surface area contributed by atoms with Crippen molar-refractivity contribution in [1.82, 2.24) is 21.3 Å². The zero-order valence-corrected chi connectivity index (χ0v) is 22.1. The topological polar surface area (TPSA) is 169 Å². The third-order valence-electron chi connectivity index (χ3n) is 5.19. The van der Waals surface area contributed by atoms with Gasteiger partial charge in [0, 0.05) is 14.1 Å². The molecule has 6 amide bonds. The van der Waals surface area contributed by atoms with Crippen LogP contribution in [0.2, 0.25) is 0 Å². The van der Waals surface area contributed by atoms with Crippen molar-refractivity contribution in [3.8, 4) is 11.5 Å². The molecule has 12 nitrogen and oxygen atoms in total. The van der Waals surface area contributed by atoms with E-state index in [0.29, 0.717) is 11.1 Å². The molecule has 0 aliphatic heterocycles. The van der Waals surface area contributed by atoms with Crippen LogP contribution in [-0.4, -0.2) is 58.6 Å². The molecule has 2 atom stereocenters. The van der Waals surface area contributed by atoms with Gasteiger partial charge in [-0.05, 0) is 75.2 Å². The van der Waals surface area contributed by atoms with E-state index in [0.717, 1.165) is 0 Å². The molecule has 0 saturated heterocycles. The third-order valence-corrected chi connectivity index (χ3v) is 6.94. The Morgan fingerprint density at radius 2 is 1.05 bits per heavy atom. The van der Waals surface area contributed by atoms with Crippen molar-refractivity contribution in [2.45, 2.75) is 49.7 Å². The number of hydrogen-bond donors (Lipinski definition) is 4. The smallest absolute Gasteiger partial charge is 0.321 e. The molecular formula is C24H30N4O8S. The molecular weight excluding hydrogens is 504 g/mol. The van der Waals surface area contributed by atoms with Gasteiger partial charge >= 0.3 is 12.1 Å². The van der Waals surface area contributed by atoms with Gasteiger partial charge in [0.05, 0.1) is 9.79 Å². The molecule has 2 unspecified atom stereocenters. The lowest BCUT2D eigenvalue weighted by atomic mass is 10.2. The first-order valence-electron chi connectivity index (χ1n) is 11.1. The van der Waals surface area contributed by atoms with E-state index in [1.165, 1.54) is 64.3 Å². The van der Waals surface area contributed by atoms with Crippen molar-refractivity contribution in [3.63, 3.8) is 0 Å². The van der Waals surface area contributed by atoms with E-state index in [-0.39, 0.29) is 21.3 Å². The number of ether oxygens (including phenoxy) is 2. The molecule has 0 saturated carbocycles. The summed E-state index contributed by atoms with van der Waals surface area (Å²) >= 11 is 0. The van der Waals surface area contributed by atoms with E-state index in [1.54, 1.807) is 13.8 Å². The molecule has 200 valence electrons. The lowest BCUT2D eigenvalue weighted by Gasteiger charge is -2.17. The number of sulfone groups is 1. The molecule has 0 spiro atoms. The number of urea groups is 2. The minimum atomic E-state index is -3.92. The van der Waals surface area contributed by atoms with Crippen molar-refractivity contribution in [1.29, 1.82) is 0 Å². The van der Waals surface area contributed by atoms with Gasteiger partial charge < -0.3 is 20.1 Å². The third kappa shape index (κ3) is 7.43. The number of rotatable bonds is 8. The number of carbonyl (C=O) groups excluding carboxylic acids is 4. The first-order valence-corrected chi connectivity index (χ1v) is 12.6. The number of benzene rings is 2.